The van der Waals surface area contributed by atoms with E-state index < -0.39 is 0 Å². The molecule has 0 amide bonds. The summed E-state index contributed by atoms with van der Waals surface area (Å²) in [5.41, 5.74) is 2.43. The zero-order valence-electron chi connectivity index (χ0n) is 12.2. The second-order valence-corrected chi connectivity index (χ2v) is 4.67. The zero-order chi connectivity index (χ0) is 14.8. The highest BCUT2D eigenvalue weighted by molar-refractivity contribution is 5.60. The van der Waals surface area contributed by atoms with Crippen LogP contribution in [0.25, 0.3) is 11.4 Å². The molecule has 0 saturated carbocycles. The second kappa shape index (κ2) is 5.35. The summed E-state index contributed by atoms with van der Waals surface area (Å²) in [7, 11) is 1.85. The van der Waals surface area contributed by atoms with Crippen molar-refractivity contribution in [2.75, 3.05) is 5.32 Å². The second-order valence-electron chi connectivity index (χ2n) is 4.67. The summed E-state index contributed by atoms with van der Waals surface area (Å²) in [6, 6.07) is 1.86. The molecule has 0 radical (unpaired) electrons. The molecule has 21 heavy (non-hydrogen) atoms. The van der Waals surface area contributed by atoms with Crippen LogP contribution in [0, 0.1) is 6.92 Å². The average molecular weight is 284 g/mol. The van der Waals surface area contributed by atoms with E-state index in [1.165, 1.54) is 0 Å². The normalized spacial score (nSPS) is 10.8. The van der Waals surface area contributed by atoms with Gasteiger partial charge in [0.25, 0.3) is 0 Å². The van der Waals surface area contributed by atoms with E-state index in [1.54, 1.807) is 23.3 Å². The van der Waals surface area contributed by atoms with Crippen LogP contribution in [-0.2, 0) is 13.5 Å². The largest absolute Gasteiger partial charge is 0.448 e. The Balaban J connectivity index is 1.94. The van der Waals surface area contributed by atoms with Crippen LogP contribution in [-0.4, -0.2) is 24.7 Å². The summed E-state index contributed by atoms with van der Waals surface area (Å²) in [6.07, 6.45) is 5.86. The SMILES string of the molecule is CCc1nc(-c2nc(Nc3ccnn3C)ncc2C)co1. The van der Waals surface area contributed by atoms with Crippen molar-refractivity contribution in [2.45, 2.75) is 20.3 Å². The number of hydrogen-bond donors (Lipinski definition) is 1. The topological polar surface area (TPSA) is 81.7 Å². The predicted molar refractivity (Wildman–Crippen MR) is 78.1 cm³/mol. The monoisotopic (exact) mass is 284 g/mol. The Hall–Kier alpha value is -2.70. The maximum Gasteiger partial charge on any atom is 0.228 e. The van der Waals surface area contributed by atoms with Crippen molar-refractivity contribution in [1.82, 2.24) is 24.7 Å². The lowest BCUT2D eigenvalue weighted by atomic mass is 10.2. The minimum Gasteiger partial charge on any atom is -0.448 e. The number of rotatable bonds is 4. The first-order valence-corrected chi connectivity index (χ1v) is 6.71. The van der Waals surface area contributed by atoms with E-state index in [2.05, 4.69) is 25.4 Å². The predicted octanol–water partition coefficient (Wildman–Crippen LogP) is 2.48. The number of aryl methyl sites for hydroxylation is 3. The fourth-order valence-electron chi connectivity index (χ4n) is 1.95. The van der Waals surface area contributed by atoms with Crippen molar-refractivity contribution in [3.05, 3.63) is 36.2 Å². The quantitative estimate of drug-likeness (QED) is 0.792. The molecule has 0 aliphatic heterocycles. The Morgan fingerprint density at radius 1 is 1.33 bits per heavy atom. The van der Waals surface area contributed by atoms with Crippen LogP contribution in [0.1, 0.15) is 18.4 Å². The molecule has 0 aromatic carbocycles. The summed E-state index contributed by atoms with van der Waals surface area (Å²) in [5.74, 6) is 2.02. The van der Waals surface area contributed by atoms with Crippen LogP contribution < -0.4 is 5.32 Å². The summed E-state index contributed by atoms with van der Waals surface area (Å²) >= 11 is 0. The molecule has 7 nitrogen and oxygen atoms in total. The van der Waals surface area contributed by atoms with Crippen LogP contribution in [0.15, 0.2) is 29.1 Å². The molecular formula is C14H16N6O. The van der Waals surface area contributed by atoms with E-state index in [4.69, 9.17) is 4.42 Å². The van der Waals surface area contributed by atoms with Gasteiger partial charge in [0, 0.05) is 25.7 Å². The first-order valence-electron chi connectivity index (χ1n) is 6.71. The molecule has 3 heterocycles. The minimum atomic E-state index is 0.500. The first-order chi connectivity index (χ1) is 10.2. The number of oxazole rings is 1. The van der Waals surface area contributed by atoms with Gasteiger partial charge in [-0.3, -0.25) is 4.68 Å². The molecule has 0 atom stereocenters. The van der Waals surface area contributed by atoms with E-state index in [9.17, 15) is 0 Å². The van der Waals surface area contributed by atoms with E-state index in [0.717, 1.165) is 29.2 Å². The Morgan fingerprint density at radius 3 is 2.86 bits per heavy atom. The summed E-state index contributed by atoms with van der Waals surface area (Å²) in [5, 5.41) is 7.23. The van der Waals surface area contributed by atoms with Crippen LogP contribution in [0.5, 0.6) is 0 Å². The molecule has 0 unspecified atom stereocenters. The highest BCUT2D eigenvalue weighted by Gasteiger charge is 2.12. The van der Waals surface area contributed by atoms with Gasteiger partial charge in [-0.1, -0.05) is 6.92 Å². The van der Waals surface area contributed by atoms with Gasteiger partial charge in [-0.25, -0.2) is 15.0 Å². The lowest BCUT2D eigenvalue weighted by Gasteiger charge is -2.07. The number of nitrogens with one attached hydrogen (secondary N) is 1. The Kier molecular flexibility index (Phi) is 3.39. The third-order valence-electron chi connectivity index (χ3n) is 3.13. The molecule has 3 aromatic heterocycles. The summed E-state index contributed by atoms with van der Waals surface area (Å²) in [6.45, 7) is 3.95. The fraction of sp³-hybridized carbons (Fsp3) is 0.286. The van der Waals surface area contributed by atoms with Crippen molar-refractivity contribution < 1.29 is 4.42 Å². The summed E-state index contributed by atoms with van der Waals surface area (Å²) < 4.78 is 7.10. The lowest BCUT2D eigenvalue weighted by molar-refractivity contribution is 0.502. The Morgan fingerprint density at radius 2 is 2.19 bits per heavy atom. The molecule has 108 valence electrons. The molecule has 0 fully saturated rings. The number of nitrogens with zero attached hydrogens (tertiary/aromatic N) is 5. The maximum absolute atomic E-state index is 5.38. The van der Waals surface area contributed by atoms with E-state index >= 15 is 0 Å². The molecule has 3 rings (SSSR count). The van der Waals surface area contributed by atoms with Crippen molar-refractivity contribution in [2.24, 2.45) is 7.05 Å². The number of hydrogen-bond acceptors (Lipinski definition) is 6. The van der Waals surface area contributed by atoms with Crippen molar-refractivity contribution in [3.63, 3.8) is 0 Å². The molecule has 0 aliphatic carbocycles. The van der Waals surface area contributed by atoms with Crippen molar-refractivity contribution >= 4 is 11.8 Å². The van der Waals surface area contributed by atoms with Crippen LogP contribution in [0.4, 0.5) is 11.8 Å². The highest BCUT2D eigenvalue weighted by atomic mass is 16.3. The number of anilines is 2. The van der Waals surface area contributed by atoms with E-state index in [0.29, 0.717) is 11.8 Å². The van der Waals surface area contributed by atoms with E-state index in [1.807, 2.05) is 27.0 Å². The molecular weight excluding hydrogens is 268 g/mol. The molecule has 3 aromatic rings. The third-order valence-corrected chi connectivity index (χ3v) is 3.13. The molecule has 0 bridgehead atoms. The van der Waals surface area contributed by atoms with Gasteiger partial charge in [-0.15, -0.1) is 0 Å². The third kappa shape index (κ3) is 2.62. The van der Waals surface area contributed by atoms with Gasteiger partial charge in [-0.2, -0.15) is 5.10 Å². The molecule has 1 N–H and O–H groups in total. The standard InChI is InChI=1S/C14H16N6O/c1-4-12-17-10(8-21-12)13-9(2)7-15-14(19-13)18-11-5-6-16-20(11)3/h5-8H,4H2,1-3H3,(H,15,18,19). The first kappa shape index (κ1) is 13.3. The van der Waals surface area contributed by atoms with E-state index in [-0.39, 0.29) is 0 Å². The highest BCUT2D eigenvalue weighted by Crippen LogP contribution is 2.22. The number of aromatic nitrogens is 5. The maximum atomic E-state index is 5.38. The van der Waals surface area contributed by atoms with Gasteiger partial charge < -0.3 is 9.73 Å². The Labute approximate surface area is 122 Å². The molecule has 0 aliphatic rings. The van der Waals surface area contributed by atoms with Crippen molar-refractivity contribution in [3.8, 4) is 11.4 Å². The summed E-state index contributed by atoms with van der Waals surface area (Å²) in [4.78, 5) is 13.2. The minimum absolute atomic E-state index is 0.500. The van der Waals surface area contributed by atoms with Gasteiger partial charge in [0.2, 0.25) is 5.95 Å². The van der Waals surface area contributed by atoms with Crippen LogP contribution >= 0.6 is 0 Å². The van der Waals surface area contributed by atoms with Crippen molar-refractivity contribution in [1.29, 1.82) is 0 Å². The molecule has 0 saturated heterocycles. The van der Waals surface area contributed by atoms with Gasteiger partial charge in [-0.05, 0) is 12.5 Å². The van der Waals surface area contributed by atoms with Gasteiger partial charge >= 0.3 is 0 Å². The molecule has 0 spiro atoms. The van der Waals surface area contributed by atoms with Crippen LogP contribution in [0.3, 0.4) is 0 Å². The lowest BCUT2D eigenvalue weighted by Crippen LogP contribution is -2.04. The van der Waals surface area contributed by atoms with Gasteiger partial charge in [0.1, 0.15) is 23.5 Å². The van der Waals surface area contributed by atoms with Crippen LogP contribution in [0.2, 0.25) is 0 Å². The molecule has 7 heteroatoms. The zero-order valence-corrected chi connectivity index (χ0v) is 12.2. The van der Waals surface area contributed by atoms with Gasteiger partial charge in [0.05, 0.1) is 6.20 Å². The fourth-order valence-corrected chi connectivity index (χ4v) is 1.95. The average Bonchev–Trinajstić information content (AvgIpc) is 3.11. The Bertz CT molecular complexity index is 760. The smallest absolute Gasteiger partial charge is 0.228 e. The van der Waals surface area contributed by atoms with Gasteiger partial charge in [0.15, 0.2) is 5.89 Å².